The molecule has 2 aromatic heterocycles. The first-order valence-corrected chi connectivity index (χ1v) is 11.1. The van der Waals surface area contributed by atoms with Crippen molar-refractivity contribution in [1.29, 1.82) is 0 Å². The zero-order chi connectivity index (χ0) is 19.0. The Morgan fingerprint density at radius 3 is 2.81 bits per heavy atom. The van der Waals surface area contributed by atoms with Crippen molar-refractivity contribution in [3.63, 3.8) is 0 Å². The highest BCUT2D eigenvalue weighted by atomic mass is 32.2. The van der Waals surface area contributed by atoms with Gasteiger partial charge < -0.3 is 15.4 Å². The Kier molecular flexibility index (Phi) is 4.73. The number of nitrogens with zero attached hydrogens (tertiary/aromatic N) is 5. The van der Waals surface area contributed by atoms with Gasteiger partial charge >= 0.3 is 0 Å². The molecule has 27 heavy (non-hydrogen) atoms. The summed E-state index contributed by atoms with van der Waals surface area (Å²) in [6.07, 6.45) is 5.29. The first kappa shape index (κ1) is 18.1. The van der Waals surface area contributed by atoms with Gasteiger partial charge in [-0.1, -0.05) is 0 Å². The second kappa shape index (κ2) is 7.05. The Bertz CT molecular complexity index is 951. The number of morpholine rings is 1. The second-order valence-corrected chi connectivity index (χ2v) is 9.72. The van der Waals surface area contributed by atoms with E-state index < -0.39 is 9.73 Å². The van der Waals surface area contributed by atoms with Crippen LogP contribution in [-0.4, -0.2) is 56.5 Å². The average Bonchev–Trinajstić information content (AvgIpc) is 3.48. The summed E-state index contributed by atoms with van der Waals surface area (Å²) in [4.78, 5) is 15.6. The molecule has 8 nitrogen and oxygen atoms in total. The van der Waals surface area contributed by atoms with Gasteiger partial charge in [-0.15, -0.1) is 0 Å². The van der Waals surface area contributed by atoms with Gasteiger partial charge in [-0.3, -0.25) is 0 Å². The van der Waals surface area contributed by atoms with Crippen LogP contribution in [-0.2, 0) is 14.5 Å². The molecular formula is C18H24N6O2S. The van der Waals surface area contributed by atoms with Crippen molar-refractivity contribution >= 4 is 27.2 Å². The van der Waals surface area contributed by atoms with Crippen molar-refractivity contribution in [2.45, 2.75) is 31.1 Å². The molecule has 1 aliphatic carbocycles. The fourth-order valence-corrected chi connectivity index (χ4v) is 4.74. The summed E-state index contributed by atoms with van der Waals surface area (Å²) in [7, 11) is -2.30. The highest BCUT2D eigenvalue weighted by Crippen LogP contribution is 2.32. The van der Waals surface area contributed by atoms with E-state index in [0.29, 0.717) is 30.7 Å². The first-order chi connectivity index (χ1) is 12.9. The summed E-state index contributed by atoms with van der Waals surface area (Å²) >= 11 is 0. The fourth-order valence-electron chi connectivity index (χ4n) is 3.12. The van der Waals surface area contributed by atoms with E-state index in [4.69, 9.17) is 15.5 Å². The molecule has 1 saturated heterocycles. The smallest absolute Gasteiger partial charge is 0.167 e. The lowest BCUT2D eigenvalue weighted by Gasteiger charge is -2.34. The normalized spacial score (nSPS) is 22.3. The lowest BCUT2D eigenvalue weighted by atomic mass is 10.2. The minimum absolute atomic E-state index is 0.167. The third kappa shape index (κ3) is 4.03. The van der Waals surface area contributed by atoms with Crippen molar-refractivity contribution in [3.8, 4) is 11.4 Å². The Balaban J connectivity index is 1.80. The van der Waals surface area contributed by atoms with Crippen LogP contribution in [0, 0.1) is 0 Å². The van der Waals surface area contributed by atoms with Gasteiger partial charge in [-0.2, -0.15) is 4.36 Å². The van der Waals surface area contributed by atoms with Crippen LogP contribution in [0.15, 0.2) is 28.8 Å². The molecule has 2 aromatic rings. The number of anilines is 2. The van der Waals surface area contributed by atoms with E-state index in [0.717, 1.165) is 30.8 Å². The molecule has 1 saturated carbocycles. The summed E-state index contributed by atoms with van der Waals surface area (Å²) < 4.78 is 22.9. The van der Waals surface area contributed by atoms with Crippen LogP contribution in [0.5, 0.6) is 0 Å². The van der Waals surface area contributed by atoms with Gasteiger partial charge in [0.05, 0.1) is 29.0 Å². The number of hydrogen-bond donors (Lipinski definition) is 1. The standard InChI is InChI=1S/C18H24N6O2S/c1-12-11-26-8-7-24(12)17-9-16(23-27(2,25)14-4-5-14)21-18(22-17)13-3-6-15(19)20-10-13/h3,6,9-10,12,14H,4-5,7-8,11H2,1-2H3,(H2,19,20)/t12-,27-/m1/s1. The van der Waals surface area contributed by atoms with Gasteiger partial charge in [0, 0.05) is 35.9 Å². The molecule has 0 amide bonds. The van der Waals surface area contributed by atoms with E-state index >= 15 is 0 Å². The van der Waals surface area contributed by atoms with Gasteiger partial charge in [0.15, 0.2) is 11.6 Å². The summed E-state index contributed by atoms with van der Waals surface area (Å²) in [6, 6.07) is 5.56. The molecule has 2 N–H and O–H groups in total. The molecule has 2 fully saturated rings. The van der Waals surface area contributed by atoms with Crippen LogP contribution < -0.4 is 10.6 Å². The largest absolute Gasteiger partial charge is 0.384 e. The molecule has 4 rings (SSSR count). The highest BCUT2D eigenvalue weighted by molar-refractivity contribution is 7.93. The Hall–Kier alpha value is -2.26. The molecule has 0 spiro atoms. The van der Waals surface area contributed by atoms with Crippen molar-refractivity contribution in [1.82, 2.24) is 15.0 Å². The predicted molar refractivity (Wildman–Crippen MR) is 106 cm³/mol. The number of pyridine rings is 1. The van der Waals surface area contributed by atoms with Gasteiger partial charge in [0.1, 0.15) is 11.6 Å². The van der Waals surface area contributed by atoms with E-state index in [1.54, 1.807) is 18.5 Å². The maximum atomic E-state index is 12.9. The van der Waals surface area contributed by atoms with Crippen LogP contribution in [0.3, 0.4) is 0 Å². The number of hydrogen-bond acceptors (Lipinski definition) is 8. The van der Waals surface area contributed by atoms with E-state index in [-0.39, 0.29) is 11.3 Å². The summed E-state index contributed by atoms with van der Waals surface area (Å²) in [5.74, 6) is 2.15. The lowest BCUT2D eigenvalue weighted by Crippen LogP contribution is -2.44. The third-order valence-corrected chi connectivity index (χ3v) is 7.08. The van der Waals surface area contributed by atoms with Crippen molar-refractivity contribution < 1.29 is 8.95 Å². The summed E-state index contributed by atoms with van der Waals surface area (Å²) in [5.41, 5.74) is 6.44. The molecule has 144 valence electrons. The Morgan fingerprint density at radius 2 is 2.15 bits per heavy atom. The SMILES string of the molecule is C[C@@H]1COCCN1c1cc(N=[S@](C)(=O)C2CC2)nc(-c2ccc(N)nc2)n1. The zero-order valence-corrected chi connectivity index (χ0v) is 16.4. The maximum absolute atomic E-state index is 12.9. The Labute approximate surface area is 159 Å². The van der Waals surface area contributed by atoms with Crippen molar-refractivity contribution in [2.24, 2.45) is 4.36 Å². The predicted octanol–water partition coefficient (Wildman–Crippen LogP) is 2.24. The minimum Gasteiger partial charge on any atom is -0.384 e. The topological polar surface area (TPSA) is 107 Å². The van der Waals surface area contributed by atoms with Crippen LogP contribution in [0.25, 0.3) is 11.4 Å². The molecule has 0 aromatic carbocycles. The van der Waals surface area contributed by atoms with Crippen molar-refractivity contribution in [2.75, 3.05) is 36.6 Å². The zero-order valence-electron chi connectivity index (χ0n) is 15.5. The second-order valence-electron chi connectivity index (χ2n) is 7.15. The highest BCUT2D eigenvalue weighted by Gasteiger charge is 2.31. The molecule has 2 aliphatic rings. The summed E-state index contributed by atoms with van der Waals surface area (Å²) in [6.45, 7) is 4.12. The van der Waals surface area contributed by atoms with Crippen LogP contribution >= 0.6 is 0 Å². The van der Waals surface area contributed by atoms with E-state index in [1.807, 2.05) is 12.1 Å². The Morgan fingerprint density at radius 1 is 1.33 bits per heavy atom. The maximum Gasteiger partial charge on any atom is 0.167 e. The third-order valence-electron chi connectivity index (χ3n) is 4.82. The van der Waals surface area contributed by atoms with Crippen LogP contribution in [0.4, 0.5) is 17.5 Å². The van der Waals surface area contributed by atoms with Crippen LogP contribution in [0.2, 0.25) is 0 Å². The average molecular weight is 388 g/mol. The first-order valence-electron chi connectivity index (χ1n) is 9.09. The van der Waals surface area contributed by atoms with E-state index in [1.165, 1.54) is 0 Å². The molecule has 3 heterocycles. The van der Waals surface area contributed by atoms with E-state index in [2.05, 4.69) is 26.2 Å². The van der Waals surface area contributed by atoms with Gasteiger partial charge in [-0.25, -0.2) is 19.2 Å². The molecule has 9 heteroatoms. The van der Waals surface area contributed by atoms with Gasteiger partial charge in [0.25, 0.3) is 0 Å². The fraction of sp³-hybridized carbons (Fsp3) is 0.500. The van der Waals surface area contributed by atoms with E-state index in [9.17, 15) is 4.21 Å². The summed E-state index contributed by atoms with van der Waals surface area (Å²) in [5, 5.41) is 0.167. The molecule has 2 atom stereocenters. The molecular weight excluding hydrogens is 364 g/mol. The number of nitrogen functional groups attached to an aromatic ring is 1. The molecule has 1 aliphatic heterocycles. The van der Waals surface area contributed by atoms with Gasteiger partial charge in [0.2, 0.25) is 0 Å². The molecule has 0 unspecified atom stereocenters. The number of ether oxygens (including phenoxy) is 1. The molecule has 0 bridgehead atoms. The number of rotatable bonds is 4. The van der Waals surface area contributed by atoms with Gasteiger partial charge in [-0.05, 0) is 31.9 Å². The minimum atomic E-state index is -2.30. The van der Waals surface area contributed by atoms with Crippen molar-refractivity contribution in [3.05, 3.63) is 24.4 Å². The quantitative estimate of drug-likeness (QED) is 0.856. The van der Waals surface area contributed by atoms with Crippen LogP contribution in [0.1, 0.15) is 19.8 Å². The number of nitrogens with two attached hydrogens (primary N) is 1. The monoisotopic (exact) mass is 388 g/mol. The molecule has 0 radical (unpaired) electrons. The number of aromatic nitrogens is 3. The lowest BCUT2D eigenvalue weighted by molar-refractivity contribution is 0.0985.